The number of likely N-dealkylation sites (N-methyl/N-ethyl adjacent to an activating group) is 1. The van der Waals surface area contributed by atoms with E-state index in [1.165, 1.54) is 14.2 Å². The first-order chi connectivity index (χ1) is 16.7. The highest BCUT2D eigenvalue weighted by Gasteiger charge is 2.50. The first-order valence-corrected chi connectivity index (χ1v) is 11.0. The number of hydrazine groups is 1. The molecular weight excluding hydrogens is 454 g/mol. The minimum absolute atomic E-state index is 0.0646. The summed E-state index contributed by atoms with van der Waals surface area (Å²) >= 11 is 0. The highest BCUT2D eigenvalue weighted by atomic mass is 16.5. The van der Waals surface area contributed by atoms with Crippen LogP contribution in [0, 0.1) is 0 Å². The van der Waals surface area contributed by atoms with Crippen LogP contribution in [0.5, 0.6) is 11.5 Å². The van der Waals surface area contributed by atoms with E-state index in [1.807, 2.05) is 0 Å². The number of anilines is 1. The van der Waals surface area contributed by atoms with Crippen molar-refractivity contribution in [3.8, 4) is 11.5 Å². The second kappa shape index (κ2) is 10.9. The van der Waals surface area contributed by atoms with E-state index >= 15 is 0 Å². The average Bonchev–Trinajstić information content (AvgIpc) is 3.07. The minimum Gasteiger partial charge on any atom is -0.497 e. The molecule has 0 aromatic heterocycles. The fraction of sp³-hybridized carbons (Fsp3) is 0.333. The summed E-state index contributed by atoms with van der Waals surface area (Å²) in [7, 11) is 3.06. The number of nitrogens with one attached hydrogen (secondary N) is 3. The van der Waals surface area contributed by atoms with Gasteiger partial charge in [0.05, 0.1) is 27.3 Å². The van der Waals surface area contributed by atoms with Crippen molar-refractivity contribution >= 4 is 29.4 Å². The summed E-state index contributed by atoms with van der Waals surface area (Å²) in [5, 5.41) is 6.03. The van der Waals surface area contributed by atoms with Crippen molar-refractivity contribution < 1.29 is 28.7 Å². The molecule has 5 amide bonds. The number of hydrogen-bond donors (Lipinski definition) is 3. The highest BCUT2D eigenvalue weighted by Crippen LogP contribution is 2.29. The van der Waals surface area contributed by atoms with Gasteiger partial charge >= 0.3 is 6.03 Å². The van der Waals surface area contributed by atoms with Crippen molar-refractivity contribution in [1.29, 1.82) is 0 Å². The maximum Gasteiger partial charge on any atom is 0.344 e. The molecule has 0 bridgehead atoms. The Kier molecular flexibility index (Phi) is 7.92. The maximum atomic E-state index is 13.0. The Morgan fingerprint density at radius 3 is 2.29 bits per heavy atom. The van der Waals surface area contributed by atoms with Crippen molar-refractivity contribution in [3.05, 3.63) is 54.1 Å². The zero-order valence-electron chi connectivity index (χ0n) is 20.1. The maximum absolute atomic E-state index is 13.0. The Balaban J connectivity index is 1.59. The molecule has 1 fully saturated rings. The molecule has 11 heteroatoms. The number of carbonyl (C=O) groups excluding carboxylic acids is 4. The molecule has 1 aliphatic rings. The number of carbonyl (C=O) groups is 4. The van der Waals surface area contributed by atoms with Gasteiger partial charge in [-0.2, -0.15) is 5.01 Å². The van der Waals surface area contributed by atoms with E-state index in [2.05, 4.69) is 16.1 Å². The molecule has 35 heavy (non-hydrogen) atoms. The molecule has 1 unspecified atom stereocenters. The summed E-state index contributed by atoms with van der Waals surface area (Å²) in [4.78, 5) is 52.1. The number of amides is 5. The zero-order chi connectivity index (χ0) is 25.6. The van der Waals surface area contributed by atoms with Gasteiger partial charge in [-0.3, -0.25) is 24.7 Å². The molecule has 11 nitrogen and oxygen atoms in total. The van der Waals surface area contributed by atoms with Crippen molar-refractivity contribution in [2.75, 3.05) is 39.2 Å². The fourth-order valence-electron chi connectivity index (χ4n) is 3.61. The molecule has 186 valence electrons. The quantitative estimate of drug-likeness (QED) is 0.436. The molecule has 2 aromatic carbocycles. The van der Waals surface area contributed by atoms with Crippen LogP contribution in [0.25, 0.3) is 0 Å². The van der Waals surface area contributed by atoms with E-state index in [0.717, 1.165) is 0 Å². The van der Waals surface area contributed by atoms with Gasteiger partial charge in [-0.25, -0.2) is 4.79 Å². The molecule has 1 atom stereocenters. The lowest BCUT2D eigenvalue weighted by Gasteiger charge is -2.23. The number of ether oxygens (including phenoxy) is 2. The Morgan fingerprint density at radius 1 is 1.00 bits per heavy atom. The Labute approximate surface area is 203 Å². The van der Waals surface area contributed by atoms with Gasteiger partial charge in [0.1, 0.15) is 17.0 Å². The lowest BCUT2D eigenvalue weighted by molar-refractivity contribution is -0.139. The molecule has 3 rings (SSSR count). The molecule has 0 aliphatic carbocycles. The topological polar surface area (TPSA) is 129 Å². The number of hydrogen-bond acceptors (Lipinski definition) is 7. The normalized spacial score (nSPS) is 17.2. The molecule has 0 saturated carbocycles. The van der Waals surface area contributed by atoms with E-state index in [1.54, 1.807) is 67.3 Å². The van der Waals surface area contributed by atoms with Crippen LogP contribution >= 0.6 is 0 Å². The van der Waals surface area contributed by atoms with Crippen molar-refractivity contribution in [2.24, 2.45) is 0 Å². The van der Waals surface area contributed by atoms with E-state index in [-0.39, 0.29) is 19.0 Å². The van der Waals surface area contributed by atoms with Crippen LogP contribution in [-0.2, 0) is 19.9 Å². The highest BCUT2D eigenvalue weighted by molar-refractivity contribution is 6.08. The number of benzene rings is 2. The summed E-state index contributed by atoms with van der Waals surface area (Å²) in [6.45, 7) is 3.48. The fourth-order valence-corrected chi connectivity index (χ4v) is 3.61. The van der Waals surface area contributed by atoms with Crippen molar-refractivity contribution in [2.45, 2.75) is 19.4 Å². The number of nitrogens with zero attached hydrogens (tertiary/aromatic N) is 2. The van der Waals surface area contributed by atoms with Gasteiger partial charge in [0.15, 0.2) is 0 Å². The van der Waals surface area contributed by atoms with E-state index < -0.39 is 23.4 Å². The first-order valence-electron chi connectivity index (χ1n) is 11.0. The van der Waals surface area contributed by atoms with Gasteiger partial charge in [0.25, 0.3) is 11.8 Å². The van der Waals surface area contributed by atoms with Crippen LogP contribution in [0.4, 0.5) is 10.5 Å². The minimum atomic E-state index is -1.35. The van der Waals surface area contributed by atoms with Crippen molar-refractivity contribution in [1.82, 2.24) is 20.7 Å². The average molecular weight is 484 g/mol. The van der Waals surface area contributed by atoms with Crippen LogP contribution in [0.3, 0.4) is 0 Å². The van der Waals surface area contributed by atoms with Gasteiger partial charge < -0.3 is 20.1 Å². The van der Waals surface area contributed by atoms with Gasteiger partial charge in [0, 0.05) is 11.8 Å². The lowest BCUT2D eigenvalue weighted by Crippen LogP contribution is -2.51. The second-order valence-corrected chi connectivity index (χ2v) is 8.04. The summed E-state index contributed by atoms with van der Waals surface area (Å²) in [5.74, 6) is -0.350. The van der Waals surface area contributed by atoms with Crippen LogP contribution in [-0.4, -0.2) is 67.5 Å². The zero-order valence-corrected chi connectivity index (χ0v) is 20.1. The van der Waals surface area contributed by atoms with Gasteiger partial charge in [-0.1, -0.05) is 25.1 Å². The molecule has 0 radical (unpaired) electrons. The summed E-state index contributed by atoms with van der Waals surface area (Å²) in [6.07, 6.45) is 0. The summed E-state index contributed by atoms with van der Waals surface area (Å²) in [6, 6.07) is 12.8. The van der Waals surface area contributed by atoms with Gasteiger partial charge in [0.2, 0.25) is 5.91 Å². The molecule has 3 N–H and O–H groups in total. The summed E-state index contributed by atoms with van der Waals surface area (Å²) in [5.41, 5.74) is 2.10. The Hall–Kier alpha value is -4.12. The lowest BCUT2D eigenvalue weighted by atomic mass is 9.92. The molecule has 1 heterocycles. The van der Waals surface area contributed by atoms with Crippen LogP contribution in [0.1, 0.15) is 19.4 Å². The largest absolute Gasteiger partial charge is 0.497 e. The monoisotopic (exact) mass is 483 g/mol. The SMILES string of the molecule is CCN(CC(=O)Nc1cccc(OC)c1)CC(=O)NN1C(=O)NC(C)(c2ccc(OC)cc2)C1=O. The van der Waals surface area contributed by atoms with Crippen LogP contribution < -0.4 is 25.5 Å². The standard InChI is InChI=1S/C24H29N5O6/c1-5-28(14-20(30)25-17-7-6-8-19(13-17)35-4)15-21(31)27-29-22(32)24(2,26-23(29)33)16-9-11-18(34-3)12-10-16/h6-13H,5,14-15H2,1-4H3,(H,25,30)(H,26,33)(H,27,31). The molecule has 1 saturated heterocycles. The predicted molar refractivity (Wildman–Crippen MR) is 128 cm³/mol. The number of imide groups is 1. The van der Waals surface area contributed by atoms with Crippen molar-refractivity contribution in [3.63, 3.8) is 0 Å². The van der Waals surface area contributed by atoms with Crippen LogP contribution in [0.2, 0.25) is 0 Å². The first kappa shape index (κ1) is 25.5. The number of rotatable bonds is 10. The van der Waals surface area contributed by atoms with Gasteiger partial charge in [-0.05, 0) is 43.3 Å². The third-order valence-electron chi connectivity index (χ3n) is 5.63. The summed E-state index contributed by atoms with van der Waals surface area (Å²) < 4.78 is 10.3. The third kappa shape index (κ3) is 5.87. The molecule has 1 aliphatic heterocycles. The smallest absolute Gasteiger partial charge is 0.344 e. The molecular formula is C24H29N5O6. The Bertz CT molecular complexity index is 1110. The van der Waals surface area contributed by atoms with E-state index in [9.17, 15) is 19.2 Å². The third-order valence-corrected chi connectivity index (χ3v) is 5.63. The van der Waals surface area contributed by atoms with E-state index in [0.29, 0.717) is 34.3 Å². The van der Waals surface area contributed by atoms with E-state index in [4.69, 9.17) is 9.47 Å². The van der Waals surface area contributed by atoms with Gasteiger partial charge in [-0.15, -0.1) is 0 Å². The Morgan fingerprint density at radius 2 is 1.66 bits per heavy atom. The number of methoxy groups -OCH3 is 2. The van der Waals surface area contributed by atoms with Crippen LogP contribution in [0.15, 0.2) is 48.5 Å². The predicted octanol–water partition coefficient (Wildman–Crippen LogP) is 1.46. The molecule has 2 aromatic rings. The number of urea groups is 1. The second-order valence-electron chi connectivity index (χ2n) is 8.04. The molecule has 0 spiro atoms.